The number of nitrogens with zero attached hydrogens (tertiary/aromatic N) is 4. The van der Waals surface area contributed by atoms with Crippen LogP contribution in [0.4, 0.5) is 5.82 Å². The lowest BCUT2D eigenvalue weighted by molar-refractivity contribution is 0.200. The van der Waals surface area contributed by atoms with Crippen molar-refractivity contribution in [1.82, 2.24) is 20.0 Å². The number of likely N-dealkylation sites (tertiary alicyclic amines) is 1. The van der Waals surface area contributed by atoms with E-state index in [0.717, 1.165) is 36.3 Å². The van der Waals surface area contributed by atoms with E-state index in [9.17, 15) is 0 Å². The van der Waals surface area contributed by atoms with Crippen LogP contribution in [0.25, 0.3) is 11.4 Å². The second kappa shape index (κ2) is 9.22. The van der Waals surface area contributed by atoms with Crippen LogP contribution >= 0.6 is 0 Å². The van der Waals surface area contributed by atoms with Gasteiger partial charge in [-0.15, -0.1) is 0 Å². The van der Waals surface area contributed by atoms with Crippen molar-refractivity contribution in [2.75, 3.05) is 40.2 Å². The second-order valence-electron chi connectivity index (χ2n) is 7.30. The predicted octanol–water partition coefficient (Wildman–Crippen LogP) is 3.54. The Morgan fingerprint density at radius 3 is 2.52 bits per heavy atom. The van der Waals surface area contributed by atoms with Crippen molar-refractivity contribution in [3.8, 4) is 28.6 Å². The Balaban J connectivity index is 1.54. The first-order chi connectivity index (χ1) is 15.2. The number of methoxy groups -OCH3 is 3. The largest absolute Gasteiger partial charge is 0.493 e. The first-order valence-electron chi connectivity index (χ1n) is 10.2. The molecule has 2 aromatic heterocycles. The van der Waals surface area contributed by atoms with Gasteiger partial charge in [-0.1, -0.05) is 5.16 Å². The zero-order valence-corrected chi connectivity index (χ0v) is 18.2. The van der Waals surface area contributed by atoms with Crippen molar-refractivity contribution in [3.63, 3.8) is 0 Å². The van der Waals surface area contributed by atoms with E-state index in [0.29, 0.717) is 35.5 Å². The lowest BCUT2D eigenvalue weighted by atomic mass is 10.1. The van der Waals surface area contributed by atoms with E-state index < -0.39 is 0 Å². The number of anilines is 1. The summed E-state index contributed by atoms with van der Waals surface area (Å²) in [4.78, 5) is 11.3. The number of benzene rings is 1. The van der Waals surface area contributed by atoms with Gasteiger partial charge in [0.25, 0.3) is 0 Å². The zero-order valence-electron chi connectivity index (χ0n) is 18.2. The number of nitrogens with one attached hydrogen (secondary N) is 1. The van der Waals surface area contributed by atoms with E-state index in [-0.39, 0.29) is 6.04 Å². The summed E-state index contributed by atoms with van der Waals surface area (Å²) in [5.74, 6) is 3.84. The average Bonchev–Trinajstić information content (AvgIpc) is 3.48. The highest BCUT2D eigenvalue weighted by molar-refractivity contribution is 5.55. The van der Waals surface area contributed by atoms with Crippen LogP contribution in [0.5, 0.6) is 17.2 Å². The molecule has 3 heterocycles. The number of ether oxygens (including phenoxy) is 3. The minimum Gasteiger partial charge on any atom is -0.493 e. The fourth-order valence-corrected chi connectivity index (χ4v) is 3.92. The van der Waals surface area contributed by atoms with Crippen LogP contribution in [0, 0.1) is 0 Å². The Labute approximate surface area is 181 Å². The molecule has 164 valence electrons. The summed E-state index contributed by atoms with van der Waals surface area (Å²) in [6.45, 7) is 1.65. The smallest absolute Gasteiger partial charge is 0.244 e. The van der Waals surface area contributed by atoms with Gasteiger partial charge in [-0.3, -0.25) is 4.90 Å². The molecule has 0 spiro atoms. The molecule has 0 amide bonds. The second-order valence-corrected chi connectivity index (χ2v) is 7.30. The quantitative estimate of drug-likeness (QED) is 0.581. The number of hydrogen-bond acceptors (Lipinski definition) is 9. The molecule has 4 rings (SSSR count). The maximum absolute atomic E-state index is 5.64. The Morgan fingerprint density at radius 1 is 1.13 bits per heavy atom. The Morgan fingerprint density at radius 2 is 1.90 bits per heavy atom. The number of pyridine rings is 1. The average molecular weight is 425 g/mol. The molecule has 9 nitrogen and oxygen atoms in total. The van der Waals surface area contributed by atoms with Crippen LogP contribution < -0.4 is 19.5 Å². The van der Waals surface area contributed by atoms with Crippen LogP contribution in [-0.4, -0.2) is 54.9 Å². The molecule has 3 aromatic rings. The summed E-state index contributed by atoms with van der Waals surface area (Å²) in [5, 5.41) is 7.18. The lowest BCUT2D eigenvalue weighted by Gasteiger charge is -2.22. The van der Waals surface area contributed by atoms with Gasteiger partial charge >= 0.3 is 0 Å². The Hall–Kier alpha value is -3.33. The van der Waals surface area contributed by atoms with Crippen LogP contribution in [-0.2, 0) is 6.54 Å². The van der Waals surface area contributed by atoms with Crippen LogP contribution in [0.15, 0.2) is 35.0 Å². The van der Waals surface area contributed by atoms with E-state index in [1.165, 1.54) is 0 Å². The van der Waals surface area contributed by atoms with Gasteiger partial charge in [0.2, 0.25) is 17.5 Å². The summed E-state index contributed by atoms with van der Waals surface area (Å²) in [6.07, 6.45) is 3.76. The number of hydrogen-bond donors (Lipinski definition) is 1. The normalized spacial score (nSPS) is 16.3. The number of aromatic nitrogens is 3. The molecule has 0 unspecified atom stereocenters. The number of rotatable bonds is 8. The molecule has 31 heavy (non-hydrogen) atoms. The van der Waals surface area contributed by atoms with E-state index in [1.54, 1.807) is 27.5 Å². The highest BCUT2D eigenvalue weighted by Crippen LogP contribution is 2.40. The highest BCUT2D eigenvalue weighted by atomic mass is 16.5. The monoisotopic (exact) mass is 425 g/mol. The topological polar surface area (TPSA) is 94.8 Å². The van der Waals surface area contributed by atoms with Gasteiger partial charge in [0, 0.05) is 25.4 Å². The lowest BCUT2D eigenvalue weighted by Crippen LogP contribution is -2.23. The summed E-state index contributed by atoms with van der Waals surface area (Å²) < 4.78 is 22.0. The fourth-order valence-electron chi connectivity index (χ4n) is 3.92. The molecule has 1 fully saturated rings. The third-order valence-electron chi connectivity index (χ3n) is 5.48. The molecule has 1 N–H and O–H groups in total. The zero-order chi connectivity index (χ0) is 21.8. The fraction of sp³-hybridized carbons (Fsp3) is 0.409. The first kappa shape index (κ1) is 20.9. The molecule has 0 aliphatic carbocycles. The minimum absolute atomic E-state index is 0.0601. The van der Waals surface area contributed by atoms with Crippen LogP contribution in [0.2, 0.25) is 0 Å². The van der Waals surface area contributed by atoms with Crippen molar-refractivity contribution < 1.29 is 18.7 Å². The summed E-state index contributed by atoms with van der Waals surface area (Å²) in [5.41, 5.74) is 1.89. The van der Waals surface area contributed by atoms with Crippen molar-refractivity contribution in [1.29, 1.82) is 0 Å². The molecule has 1 aromatic carbocycles. The maximum Gasteiger partial charge on any atom is 0.244 e. The minimum atomic E-state index is 0.0601. The molecular formula is C22H27N5O4. The van der Waals surface area contributed by atoms with Gasteiger partial charge in [0.05, 0.1) is 27.4 Å². The molecule has 0 bridgehead atoms. The molecule has 1 atom stereocenters. The maximum atomic E-state index is 5.64. The van der Waals surface area contributed by atoms with Crippen molar-refractivity contribution in [3.05, 3.63) is 41.9 Å². The van der Waals surface area contributed by atoms with Crippen LogP contribution in [0.3, 0.4) is 0 Å². The molecule has 0 radical (unpaired) electrons. The first-order valence-corrected chi connectivity index (χ1v) is 10.2. The van der Waals surface area contributed by atoms with Crippen molar-refractivity contribution in [2.45, 2.75) is 25.4 Å². The third-order valence-corrected chi connectivity index (χ3v) is 5.48. The van der Waals surface area contributed by atoms with Gasteiger partial charge in [-0.25, -0.2) is 4.98 Å². The molecule has 9 heteroatoms. The standard InChI is InChI=1S/C22H27N5O4/c1-23-19-8-7-15(12-24-19)21-25-22(31-26-21)16-6-5-9-27(16)13-14-10-17(28-2)20(30-4)18(11-14)29-3/h7-8,10-12,16H,5-6,9,13H2,1-4H3,(H,23,24)/t16-/m1/s1. The molecule has 1 aliphatic rings. The molecule has 1 saturated heterocycles. The SMILES string of the molecule is CNc1ccc(-c2noc([C@H]3CCCN3Cc3cc(OC)c(OC)c(OC)c3)n2)cn1. The van der Waals surface area contributed by atoms with Gasteiger partial charge in [0.1, 0.15) is 5.82 Å². The van der Waals surface area contributed by atoms with Gasteiger partial charge in [-0.05, 0) is 49.2 Å². The molecular weight excluding hydrogens is 398 g/mol. The molecule has 0 saturated carbocycles. The Kier molecular flexibility index (Phi) is 6.22. The summed E-state index contributed by atoms with van der Waals surface area (Å²) in [7, 11) is 6.68. The van der Waals surface area contributed by atoms with E-state index in [2.05, 4.69) is 25.3 Å². The Bertz CT molecular complexity index is 996. The van der Waals surface area contributed by atoms with E-state index in [4.69, 9.17) is 18.7 Å². The van der Waals surface area contributed by atoms with Crippen molar-refractivity contribution in [2.24, 2.45) is 0 Å². The van der Waals surface area contributed by atoms with E-state index >= 15 is 0 Å². The van der Waals surface area contributed by atoms with Gasteiger partial charge in [-0.2, -0.15) is 4.98 Å². The van der Waals surface area contributed by atoms with E-state index in [1.807, 2.05) is 31.3 Å². The summed E-state index contributed by atoms with van der Waals surface area (Å²) in [6, 6.07) is 7.83. The third kappa shape index (κ3) is 4.27. The summed E-state index contributed by atoms with van der Waals surface area (Å²) >= 11 is 0. The van der Waals surface area contributed by atoms with Gasteiger partial charge in [0.15, 0.2) is 11.5 Å². The van der Waals surface area contributed by atoms with Crippen LogP contribution in [0.1, 0.15) is 30.3 Å². The highest BCUT2D eigenvalue weighted by Gasteiger charge is 2.31. The van der Waals surface area contributed by atoms with Gasteiger partial charge < -0.3 is 24.1 Å². The van der Waals surface area contributed by atoms with Crippen molar-refractivity contribution >= 4 is 5.82 Å². The molecule has 1 aliphatic heterocycles. The predicted molar refractivity (Wildman–Crippen MR) is 116 cm³/mol.